The predicted molar refractivity (Wildman–Crippen MR) is 66.2 cm³/mol. The van der Waals surface area contributed by atoms with Crippen LogP contribution >= 0.6 is 0 Å². The summed E-state index contributed by atoms with van der Waals surface area (Å²) < 4.78 is 26.2. The number of benzene rings is 1. The van der Waals surface area contributed by atoms with E-state index in [1.165, 1.54) is 15.3 Å². The van der Waals surface area contributed by atoms with Gasteiger partial charge in [0, 0.05) is 5.69 Å². The molecule has 1 aliphatic rings. The van der Waals surface area contributed by atoms with Crippen LogP contribution < -0.4 is 10.6 Å². The average Bonchev–Trinajstić information content (AvgIpc) is 2.29. The fraction of sp³-hybridized carbons (Fsp3) is 0.455. The van der Waals surface area contributed by atoms with E-state index in [0.29, 0.717) is 18.8 Å². The highest BCUT2D eigenvalue weighted by atomic mass is 32.2. The average molecular weight is 256 g/mol. The number of hydrogen-bond acceptors (Lipinski definition) is 3. The third-order valence-electron chi connectivity index (χ3n) is 3.07. The fourth-order valence-electron chi connectivity index (χ4n) is 1.93. The quantitative estimate of drug-likeness (QED) is 0.652. The topological polar surface area (TPSA) is 67.8 Å². The molecule has 0 aliphatic carbocycles. The maximum atomic E-state index is 12.3. The van der Waals surface area contributed by atoms with Gasteiger partial charge in [-0.15, -0.1) is 0 Å². The van der Waals surface area contributed by atoms with Crippen LogP contribution in [0.5, 0.6) is 0 Å². The molecule has 94 valence electrons. The first-order valence-corrected chi connectivity index (χ1v) is 7.11. The summed E-state index contributed by atoms with van der Waals surface area (Å²) in [5.74, 6) is 0. The zero-order chi connectivity index (χ0) is 12.5. The van der Waals surface area contributed by atoms with Gasteiger partial charge in [0.05, 0.1) is 38.1 Å². The summed E-state index contributed by atoms with van der Waals surface area (Å²) in [5.41, 5.74) is 6.10. The summed E-state index contributed by atoms with van der Waals surface area (Å²) in [7, 11) is -1.29. The van der Waals surface area contributed by atoms with Gasteiger partial charge < -0.3 is 10.6 Å². The summed E-state index contributed by atoms with van der Waals surface area (Å²) in [6, 6.07) is 6.47. The maximum Gasteiger partial charge on any atom is 0.243 e. The Bertz CT molecular complexity index is 493. The molecule has 1 fully saturated rings. The molecule has 0 spiro atoms. The number of nitrogen functional groups attached to an aromatic ring is 1. The summed E-state index contributed by atoms with van der Waals surface area (Å²) in [5, 5.41) is 0. The third kappa shape index (κ3) is 2.59. The van der Waals surface area contributed by atoms with Gasteiger partial charge in [-0.1, -0.05) is 6.07 Å². The highest BCUT2D eigenvalue weighted by Gasteiger charge is 2.28. The molecule has 1 aromatic carbocycles. The number of quaternary nitrogens is 1. The van der Waals surface area contributed by atoms with Crippen LogP contribution in [0.3, 0.4) is 0 Å². The van der Waals surface area contributed by atoms with Crippen molar-refractivity contribution in [3.05, 3.63) is 24.3 Å². The lowest BCUT2D eigenvalue weighted by Crippen LogP contribution is -3.12. The number of nitrogens with one attached hydrogen (secondary N) is 1. The lowest BCUT2D eigenvalue weighted by Gasteiger charge is -2.29. The van der Waals surface area contributed by atoms with E-state index in [2.05, 4.69) is 7.05 Å². The Morgan fingerprint density at radius 3 is 2.53 bits per heavy atom. The SMILES string of the molecule is C[NH+]1CCN(S(=O)(=O)c2cccc(N)c2)CC1. The molecule has 0 bridgehead atoms. The molecule has 0 amide bonds. The Hall–Kier alpha value is -1.11. The number of sulfonamides is 1. The van der Waals surface area contributed by atoms with Crippen LogP contribution in [0, 0.1) is 0 Å². The molecule has 0 radical (unpaired) electrons. The monoisotopic (exact) mass is 256 g/mol. The lowest BCUT2D eigenvalue weighted by molar-refractivity contribution is -0.883. The molecular weight excluding hydrogens is 238 g/mol. The lowest BCUT2D eigenvalue weighted by atomic mass is 10.3. The molecule has 2 rings (SSSR count). The number of nitrogens with zero attached hydrogens (tertiary/aromatic N) is 1. The van der Waals surface area contributed by atoms with E-state index in [4.69, 9.17) is 5.73 Å². The van der Waals surface area contributed by atoms with Crippen LogP contribution in [0.1, 0.15) is 0 Å². The van der Waals surface area contributed by atoms with Crippen molar-refractivity contribution in [1.82, 2.24) is 4.31 Å². The minimum absolute atomic E-state index is 0.289. The van der Waals surface area contributed by atoms with Gasteiger partial charge in [-0.2, -0.15) is 4.31 Å². The van der Waals surface area contributed by atoms with Crippen LogP contribution in [-0.4, -0.2) is 45.9 Å². The normalized spacial score (nSPS) is 19.4. The van der Waals surface area contributed by atoms with Crippen molar-refractivity contribution in [2.24, 2.45) is 0 Å². The largest absolute Gasteiger partial charge is 0.399 e. The van der Waals surface area contributed by atoms with Crippen LogP contribution in [-0.2, 0) is 10.0 Å². The van der Waals surface area contributed by atoms with E-state index in [9.17, 15) is 8.42 Å². The highest BCUT2D eigenvalue weighted by molar-refractivity contribution is 7.89. The number of nitrogens with two attached hydrogens (primary N) is 1. The molecular formula is C11H18N3O2S+. The molecule has 1 saturated heterocycles. The van der Waals surface area contributed by atoms with Crippen LogP contribution in [0.2, 0.25) is 0 Å². The number of anilines is 1. The van der Waals surface area contributed by atoms with Gasteiger partial charge in [-0.05, 0) is 18.2 Å². The first kappa shape index (κ1) is 12.3. The number of rotatable bonds is 2. The molecule has 1 aromatic rings. The standard InChI is InChI=1S/C11H17N3O2S/c1-13-5-7-14(8-6-13)17(15,16)11-4-2-3-10(12)9-11/h2-4,9H,5-8,12H2,1H3/p+1. The first-order valence-electron chi connectivity index (χ1n) is 5.67. The molecule has 0 aromatic heterocycles. The zero-order valence-electron chi connectivity index (χ0n) is 9.89. The number of hydrogen-bond donors (Lipinski definition) is 2. The molecule has 1 aliphatic heterocycles. The second-order valence-corrected chi connectivity index (χ2v) is 6.37. The van der Waals surface area contributed by atoms with E-state index in [-0.39, 0.29) is 4.90 Å². The summed E-state index contributed by atoms with van der Waals surface area (Å²) >= 11 is 0. The van der Waals surface area contributed by atoms with Crippen LogP contribution in [0.15, 0.2) is 29.2 Å². The number of likely N-dealkylation sites (N-methyl/N-ethyl adjacent to an activating group) is 1. The molecule has 3 N–H and O–H groups in total. The summed E-state index contributed by atoms with van der Waals surface area (Å²) in [6.45, 7) is 2.84. The maximum absolute atomic E-state index is 12.3. The second kappa shape index (κ2) is 4.64. The summed E-state index contributed by atoms with van der Waals surface area (Å²) in [4.78, 5) is 1.65. The van der Waals surface area contributed by atoms with Crippen LogP contribution in [0.4, 0.5) is 5.69 Å². The molecule has 0 atom stereocenters. The van der Waals surface area contributed by atoms with E-state index >= 15 is 0 Å². The Balaban J connectivity index is 2.25. The van der Waals surface area contributed by atoms with Gasteiger partial charge in [-0.25, -0.2) is 8.42 Å². The summed E-state index contributed by atoms with van der Waals surface area (Å²) in [6.07, 6.45) is 0. The first-order chi connectivity index (χ1) is 8.00. The van der Waals surface area contributed by atoms with Gasteiger partial charge in [0.25, 0.3) is 0 Å². The smallest absolute Gasteiger partial charge is 0.243 e. The van der Waals surface area contributed by atoms with Crippen LogP contribution in [0.25, 0.3) is 0 Å². The van der Waals surface area contributed by atoms with Gasteiger partial charge in [0.1, 0.15) is 0 Å². The van der Waals surface area contributed by atoms with E-state index in [1.807, 2.05) is 0 Å². The minimum Gasteiger partial charge on any atom is -0.399 e. The second-order valence-electron chi connectivity index (χ2n) is 4.43. The van der Waals surface area contributed by atoms with Crippen molar-refractivity contribution in [3.63, 3.8) is 0 Å². The van der Waals surface area contributed by atoms with Gasteiger partial charge in [0.15, 0.2) is 0 Å². The van der Waals surface area contributed by atoms with Crippen molar-refractivity contribution in [2.75, 3.05) is 39.0 Å². The Kier molecular flexibility index (Phi) is 3.37. The van der Waals surface area contributed by atoms with E-state index < -0.39 is 10.0 Å². The van der Waals surface area contributed by atoms with Gasteiger partial charge >= 0.3 is 0 Å². The molecule has 0 saturated carbocycles. The van der Waals surface area contributed by atoms with Crippen molar-refractivity contribution in [3.8, 4) is 0 Å². The third-order valence-corrected chi connectivity index (χ3v) is 4.97. The fourth-order valence-corrected chi connectivity index (χ4v) is 3.43. The zero-order valence-corrected chi connectivity index (χ0v) is 10.7. The molecule has 5 nitrogen and oxygen atoms in total. The Labute approximate surface area is 102 Å². The minimum atomic E-state index is -3.37. The molecule has 1 heterocycles. The molecule has 17 heavy (non-hydrogen) atoms. The predicted octanol–water partition coefficient (Wildman–Crippen LogP) is -1.21. The van der Waals surface area contributed by atoms with Crippen molar-refractivity contribution in [2.45, 2.75) is 4.90 Å². The van der Waals surface area contributed by atoms with Crippen molar-refractivity contribution < 1.29 is 13.3 Å². The molecule has 6 heteroatoms. The highest BCUT2D eigenvalue weighted by Crippen LogP contribution is 2.17. The van der Waals surface area contributed by atoms with Gasteiger partial charge in [0.2, 0.25) is 10.0 Å². The van der Waals surface area contributed by atoms with E-state index in [0.717, 1.165) is 13.1 Å². The molecule has 0 unspecified atom stereocenters. The Morgan fingerprint density at radius 1 is 1.29 bits per heavy atom. The van der Waals surface area contributed by atoms with Crippen molar-refractivity contribution in [1.29, 1.82) is 0 Å². The number of piperazine rings is 1. The van der Waals surface area contributed by atoms with E-state index in [1.54, 1.807) is 18.2 Å². The Morgan fingerprint density at radius 2 is 1.94 bits per heavy atom. The van der Waals surface area contributed by atoms with Gasteiger partial charge in [-0.3, -0.25) is 0 Å². The van der Waals surface area contributed by atoms with Crippen molar-refractivity contribution >= 4 is 15.7 Å².